The summed E-state index contributed by atoms with van der Waals surface area (Å²) in [4.78, 5) is 3.37. The molecule has 1 heterocycles. The minimum absolute atomic E-state index is 0.345. The summed E-state index contributed by atoms with van der Waals surface area (Å²) in [6.07, 6.45) is -0.791. The van der Waals surface area contributed by atoms with Crippen molar-refractivity contribution in [1.82, 2.24) is 4.90 Å². The highest BCUT2D eigenvalue weighted by Crippen LogP contribution is 2.19. The van der Waals surface area contributed by atoms with E-state index in [1.807, 2.05) is 18.4 Å². The molecule has 1 aromatic carbocycles. The molecule has 19 heavy (non-hydrogen) atoms. The first-order valence-electron chi connectivity index (χ1n) is 6.38. The Morgan fingerprint density at radius 1 is 1.26 bits per heavy atom. The van der Waals surface area contributed by atoms with Crippen molar-refractivity contribution in [3.8, 4) is 0 Å². The standard InChI is InChI=1S/C15H18FNOS/c1-2-17(10-12-6-5-9-19-12)11-15(18)13-7-3-4-8-14(13)16/h3-9,15,18H,2,10-11H2,1H3. The highest BCUT2D eigenvalue weighted by Gasteiger charge is 2.16. The molecule has 102 valence electrons. The van der Waals surface area contributed by atoms with Crippen molar-refractivity contribution in [3.63, 3.8) is 0 Å². The Kier molecular flexibility index (Phi) is 5.07. The Bertz CT molecular complexity index is 501. The first-order chi connectivity index (χ1) is 9.20. The number of thiophene rings is 1. The van der Waals surface area contributed by atoms with Crippen LogP contribution in [-0.2, 0) is 6.54 Å². The minimum Gasteiger partial charge on any atom is -0.387 e. The minimum atomic E-state index is -0.791. The summed E-state index contributed by atoms with van der Waals surface area (Å²) in [6, 6.07) is 10.5. The summed E-state index contributed by atoms with van der Waals surface area (Å²) < 4.78 is 13.6. The molecule has 1 unspecified atom stereocenters. The van der Waals surface area contributed by atoms with Crippen LogP contribution >= 0.6 is 11.3 Å². The zero-order chi connectivity index (χ0) is 13.7. The Labute approximate surface area is 117 Å². The van der Waals surface area contributed by atoms with E-state index in [0.717, 1.165) is 13.1 Å². The van der Waals surface area contributed by atoms with Crippen LogP contribution in [0, 0.1) is 5.82 Å². The fourth-order valence-electron chi connectivity index (χ4n) is 2.02. The zero-order valence-electron chi connectivity index (χ0n) is 10.9. The normalized spacial score (nSPS) is 12.8. The quantitative estimate of drug-likeness (QED) is 0.875. The van der Waals surface area contributed by atoms with Crippen LogP contribution in [0.3, 0.4) is 0 Å². The van der Waals surface area contributed by atoms with Crippen LogP contribution < -0.4 is 0 Å². The van der Waals surface area contributed by atoms with Crippen LogP contribution in [0.15, 0.2) is 41.8 Å². The van der Waals surface area contributed by atoms with Crippen molar-refractivity contribution in [1.29, 1.82) is 0 Å². The van der Waals surface area contributed by atoms with Gasteiger partial charge in [-0.15, -0.1) is 11.3 Å². The molecule has 0 aliphatic heterocycles. The van der Waals surface area contributed by atoms with E-state index < -0.39 is 6.10 Å². The molecule has 0 spiro atoms. The number of aliphatic hydroxyl groups is 1. The lowest BCUT2D eigenvalue weighted by Crippen LogP contribution is -2.28. The molecule has 0 fully saturated rings. The second-order valence-electron chi connectivity index (χ2n) is 4.44. The van der Waals surface area contributed by atoms with Crippen LogP contribution in [0.2, 0.25) is 0 Å². The Hall–Kier alpha value is -1.23. The van der Waals surface area contributed by atoms with E-state index in [9.17, 15) is 9.50 Å². The number of hydrogen-bond donors (Lipinski definition) is 1. The molecule has 4 heteroatoms. The van der Waals surface area contributed by atoms with Crippen LogP contribution in [0.25, 0.3) is 0 Å². The van der Waals surface area contributed by atoms with Crippen molar-refractivity contribution in [2.24, 2.45) is 0 Å². The van der Waals surface area contributed by atoms with Crippen LogP contribution in [0.1, 0.15) is 23.5 Å². The van der Waals surface area contributed by atoms with Gasteiger partial charge in [-0.2, -0.15) is 0 Å². The average Bonchev–Trinajstić information content (AvgIpc) is 2.91. The first kappa shape index (κ1) is 14.2. The van der Waals surface area contributed by atoms with Crippen LogP contribution in [-0.4, -0.2) is 23.1 Å². The van der Waals surface area contributed by atoms with Crippen molar-refractivity contribution >= 4 is 11.3 Å². The maximum absolute atomic E-state index is 13.6. The summed E-state index contributed by atoms with van der Waals surface area (Å²) in [7, 11) is 0. The molecule has 0 bridgehead atoms. The molecule has 1 atom stereocenters. The van der Waals surface area contributed by atoms with Gasteiger partial charge in [-0.1, -0.05) is 31.2 Å². The van der Waals surface area contributed by atoms with Crippen molar-refractivity contribution in [2.75, 3.05) is 13.1 Å². The van der Waals surface area contributed by atoms with E-state index in [0.29, 0.717) is 12.1 Å². The van der Waals surface area contributed by atoms with Gasteiger partial charge in [0.15, 0.2) is 0 Å². The molecule has 1 aromatic heterocycles. The molecular formula is C15H18FNOS. The van der Waals surface area contributed by atoms with E-state index >= 15 is 0 Å². The number of halogens is 1. The fraction of sp³-hybridized carbons (Fsp3) is 0.333. The van der Waals surface area contributed by atoms with Gasteiger partial charge in [0.05, 0.1) is 6.10 Å². The smallest absolute Gasteiger partial charge is 0.129 e. The second kappa shape index (κ2) is 6.80. The SMILES string of the molecule is CCN(Cc1cccs1)CC(O)c1ccccc1F. The van der Waals surface area contributed by atoms with Gasteiger partial charge >= 0.3 is 0 Å². The molecule has 2 rings (SSSR count). The second-order valence-corrected chi connectivity index (χ2v) is 5.48. The topological polar surface area (TPSA) is 23.5 Å². The third kappa shape index (κ3) is 3.86. The summed E-state index contributed by atoms with van der Waals surface area (Å²) >= 11 is 1.70. The van der Waals surface area contributed by atoms with Gasteiger partial charge in [0.1, 0.15) is 5.82 Å². The monoisotopic (exact) mass is 279 g/mol. The van der Waals surface area contributed by atoms with Gasteiger partial charge in [-0.3, -0.25) is 4.90 Å². The summed E-state index contributed by atoms with van der Waals surface area (Å²) in [5.74, 6) is -0.345. The summed E-state index contributed by atoms with van der Waals surface area (Å²) in [6.45, 7) is 4.10. The average molecular weight is 279 g/mol. The van der Waals surface area contributed by atoms with Gasteiger partial charge in [0.2, 0.25) is 0 Å². The first-order valence-corrected chi connectivity index (χ1v) is 7.26. The van der Waals surface area contributed by atoms with Crippen molar-refractivity contribution in [2.45, 2.75) is 19.6 Å². The third-order valence-corrected chi connectivity index (χ3v) is 3.96. The molecule has 0 saturated carbocycles. The van der Waals surface area contributed by atoms with Crippen LogP contribution in [0.4, 0.5) is 4.39 Å². The molecule has 0 aliphatic rings. The lowest BCUT2D eigenvalue weighted by Gasteiger charge is -2.23. The van der Waals surface area contributed by atoms with E-state index in [-0.39, 0.29) is 5.82 Å². The molecule has 0 saturated heterocycles. The molecule has 0 aliphatic carbocycles. The van der Waals surface area contributed by atoms with Gasteiger partial charge in [-0.05, 0) is 24.1 Å². The third-order valence-electron chi connectivity index (χ3n) is 3.10. The number of rotatable bonds is 6. The van der Waals surface area contributed by atoms with Gasteiger partial charge in [-0.25, -0.2) is 4.39 Å². The van der Waals surface area contributed by atoms with Gasteiger partial charge < -0.3 is 5.11 Å². The van der Waals surface area contributed by atoms with E-state index in [4.69, 9.17) is 0 Å². The number of aliphatic hydroxyl groups excluding tert-OH is 1. The molecule has 0 radical (unpaired) electrons. The zero-order valence-corrected chi connectivity index (χ0v) is 11.7. The highest BCUT2D eigenvalue weighted by molar-refractivity contribution is 7.09. The lowest BCUT2D eigenvalue weighted by atomic mass is 10.1. The maximum Gasteiger partial charge on any atom is 0.129 e. The molecule has 2 nitrogen and oxygen atoms in total. The number of hydrogen-bond acceptors (Lipinski definition) is 3. The largest absolute Gasteiger partial charge is 0.387 e. The molecular weight excluding hydrogens is 261 g/mol. The maximum atomic E-state index is 13.6. The Morgan fingerprint density at radius 2 is 2.05 bits per heavy atom. The van der Waals surface area contributed by atoms with E-state index in [2.05, 4.69) is 11.0 Å². The van der Waals surface area contributed by atoms with E-state index in [1.54, 1.807) is 29.5 Å². The van der Waals surface area contributed by atoms with Crippen LogP contribution in [0.5, 0.6) is 0 Å². The predicted octanol–water partition coefficient (Wildman–Crippen LogP) is 3.44. The predicted molar refractivity (Wildman–Crippen MR) is 76.6 cm³/mol. The van der Waals surface area contributed by atoms with E-state index in [1.165, 1.54) is 10.9 Å². The Balaban J connectivity index is 2.00. The summed E-state index contributed by atoms with van der Waals surface area (Å²) in [5.41, 5.74) is 0.368. The number of likely N-dealkylation sites (N-methyl/N-ethyl adjacent to an activating group) is 1. The fourth-order valence-corrected chi connectivity index (χ4v) is 2.76. The number of benzene rings is 1. The molecule has 0 amide bonds. The Morgan fingerprint density at radius 3 is 2.68 bits per heavy atom. The van der Waals surface area contributed by atoms with Gasteiger partial charge in [0, 0.05) is 23.5 Å². The van der Waals surface area contributed by atoms with Gasteiger partial charge in [0.25, 0.3) is 0 Å². The molecule has 1 N–H and O–H groups in total. The summed E-state index contributed by atoms with van der Waals surface area (Å²) in [5, 5.41) is 12.2. The number of nitrogens with zero attached hydrogens (tertiary/aromatic N) is 1. The highest BCUT2D eigenvalue weighted by atomic mass is 32.1. The molecule has 2 aromatic rings. The lowest BCUT2D eigenvalue weighted by molar-refractivity contribution is 0.110. The van der Waals surface area contributed by atoms with Crippen molar-refractivity contribution in [3.05, 3.63) is 58.0 Å². The van der Waals surface area contributed by atoms with Crippen molar-refractivity contribution < 1.29 is 9.50 Å².